The van der Waals surface area contributed by atoms with Gasteiger partial charge >= 0.3 is 0 Å². The van der Waals surface area contributed by atoms with Crippen molar-refractivity contribution in [2.24, 2.45) is 0 Å². The maximum absolute atomic E-state index is 14.0. The van der Waals surface area contributed by atoms with Crippen molar-refractivity contribution in [2.45, 2.75) is 37.1 Å². The maximum atomic E-state index is 14.0. The fourth-order valence-corrected chi connectivity index (χ4v) is 6.36. The molecule has 1 heterocycles. The summed E-state index contributed by atoms with van der Waals surface area (Å²) in [6.07, 6.45) is 1.83. The summed E-state index contributed by atoms with van der Waals surface area (Å²) < 4.78 is 35.8. The molecule has 6 nitrogen and oxygen atoms in total. The number of para-hydroxylation sites is 1. The molecule has 0 spiro atoms. The minimum atomic E-state index is -3.78. The lowest BCUT2D eigenvalue weighted by Crippen LogP contribution is -2.46. The van der Waals surface area contributed by atoms with Crippen molar-refractivity contribution in [1.82, 2.24) is 9.21 Å². The number of hydrogen-bond acceptors (Lipinski definition) is 4. The van der Waals surface area contributed by atoms with Crippen molar-refractivity contribution >= 4 is 15.9 Å². The molecule has 184 valence electrons. The molecule has 3 aromatic carbocycles. The van der Waals surface area contributed by atoms with Gasteiger partial charge in [-0.2, -0.15) is 4.31 Å². The van der Waals surface area contributed by atoms with Crippen LogP contribution in [0.3, 0.4) is 0 Å². The molecule has 35 heavy (non-hydrogen) atoms. The van der Waals surface area contributed by atoms with Gasteiger partial charge in [-0.3, -0.25) is 4.79 Å². The summed E-state index contributed by atoms with van der Waals surface area (Å²) in [4.78, 5) is 15.0. The van der Waals surface area contributed by atoms with Crippen LogP contribution in [0.2, 0.25) is 0 Å². The molecule has 0 N–H and O–H groups in total. The summed E-state index contributed by atoms with van der Waals surface area (Å²) >= 11 is 0. The van der Waals surface area contributed by atoms with E-state index in [0.717, 1.165) is 5.56 Å². The fourth-order valence-electron chi connectivity index (χ4n) is 4.48. The van der Waals surface area contributed by atoms with E-state index in [9.17, 15) is 13.2 Å². The first-order valence-electron chi connectivity index (χ1n) is 12.0. The van der Waals surface area contributed by atoms with Crippen LogP contribution in [-0.4, -0.2) is 56.3 Å². The second-order valence-corrected chi connectivity index (χ2v) is 10.8. The van der Waals surface area contributed by atoms with E-state index < -0.39 is 16.1 Å². The van der Waals surface area contributed by atoms with Crippen molar-refractivity contribution in [3.05, 3.63) is 95.6 Å². The lowest BCUT2D eigenvalue weighted by Gasteiger charge is -2.32. The van der Waals surface area contributed by atoms with Crippen molar-refractivity contribution in [3.63, 3.8) is 0 Å². The predicted octanol–water partition coefficient (Wildman–Crippen LogP) is 4.54. The van der Waals surface area contributed by atoms with Crippen molar-refractivity contribution in [1.29, 1.82) is 0 Å². The smallest absolute Gasteiger partial charge is 0.257 e. The SMILES string of the molecule is Cc1ccccc1S(=O)(=O)N1CCCCN(C)C(=O)c2ccccc2OC[C@@H]1Cc1ccccc1. The maximum Gasteiger partial charge on any atom is 0.257 e. The Bertz CT molecular complexity index is 1260. The highest BCUT2D eigenvalue weighted by molar-refractivity contribution is 7.89. The normalized spacial score (nSPS) is 18.2. The van der Waals surface area contributed by atoms with Crippen LogP contribution >= 0.6 is 0 Å². The Labute approximate surface area is 208 Å². The molecule has 3 aromatic rings. The van der Waals surface area contributed by atoms with Gasteiger partial charge in [-0.15, -0.1) is 0 Å². The lowest BCUT2D eigenvalue weighted by molar-refractivity contribution is 0.0781. The highest BCUT2D eigenvalue weighted by atomic mass is 32.2. The molecule has 0 bridgehead atoms. The van der Waals surface area contributed by atoms with Gasteiger partial charge in [-0.05, 0) is 55.5 Å². The summed E-state index contributed by atoms with van der Waals surface area (Å²) in [6.45, 7) is 2.84. The van der Waals surface area contributed by atoms with E-state index in [4.69, 9.17) is 4.74 Å². The molecule has 0 fully saturated rings. The zero-order valence-electron chi connectivity index (χ0n) is 20.3. The van der Waals surface area contributed by atoms with Crippen LogP contribution in [0, 0.1) is 6.92 Å². The molecule has 1 aliphatic rings. The highest BCUT2D eigenvalue weighted by Crippen LogP contribution is 2.27. The second kappa shape index (κ2) is 11.1. The third-order valence-corrected chi connectivity index (χ3v) is 8.53. The number of amides is 1. The molecule has 7 heteroatoms. The largest absolute Gasteiger partial charge is 0.491 e. The first-order valence-corrected chi connectivity index (χ1v) is 13.4. The van der Waals surface area contributed by atoms with E-state index in [1.165, 1.54) is 0 Å². The van der Waals surface area contributed by atoms with Crippen LogP contribution in [0.15, 0.2) is 83.8 Å². The zero-order chi connectivity index (χ0) is 24.8. The van der Waals surface area contributed by atoms with Crippen LogP contribution in [0.4, 0.5) is 0 Å². The van der Waals surface area contributed by atoms with Gasteiger partial charge in [0.2, 0.25) is 10.0 Å². The lowest BCUT2D eigenvalue weighted by atomic mass is 10.1. The molecular weight excluding hydrogens is 460 g/mol. The zero-order valence-corrected chi connectivity index (χ0v) is 21.1. The van der Waals surface area contributed by atoms with Gasteiger partial charge in [0.1, 0.15) is 12.4 Å². The summed E-state index contributed by atoms with van der Waals surface area (Å²) in [7, 11) is -2.01. The summed E-state index contributed by atoms with van der Waals surface area (Å²) in [5, 5.41) is 0. The second-order valence-electron chi connectivity index (χ2n) is 8.97. The standard InChI is InChI=1S/C28H32N2O4S/c1-22-12-6-9-17-27(22)35(32,33)30-19-11-10-18-29(2)28(31)25-15-7-8-16-26(25)34-21-24(30)20-23-13-4-3-5-14-23/h3-9,12-17,24H,10-11,18-21H2,1-2H3/t24-/m0/s1. The van der Waals surface area contributed by atoms with Crippen LogP contribution in [-0.2, 0) is 16.4 Å². The van der Waals surface area contributed by atoms with Gasteiger partial charge in [-0.1, -0.05) is 60.7 Å². The Morgan fingerprint density at radius 3 is 2.31 bits per heavy atom. The van der Waals surface area contributed by atoms with E-state index >= 15 is 0 Å². The number of sulfonamides is 1. The number of carbonyl (C=O) groups excluding carboxylic acids is 1. The van der Waals surface area contributed by atoms with Gasteiger partial charge in [0.05, 0.1) is 16.5 Å². The first-order chi connectivity index (χ1) is 16.9. The van der Waals surface area contributed by atoms with E-state index in [0.29, 0.717) is 54.1 Å². The Morgan fingerprint density at radius 1 is 0.886 bits per heavy atom. The topological polar surface area (TPSA) is 66.9 Å². The van der Waals surface area contributed by atoms with Gasteiger partial charge in [0, 0.05) is 20.1 Å². The molecule has 1 aliphatic heterocycles. The van der Waals surface area contributed by atoms with E-state index in [1.807, 2.05) is 61.5 Å². The molecular formula is C28H32N2O4S. The summed E-state index contributed by atoms with van der Waals surface area (Å²) in [6, 6.07) is 23.7. The van der Waals surface area contributed by atoms with Crippen molar-refractivity contribution in [2.75, 3.05) is 26.7 Å². The molecule has 1 amide bonds. The third kappa shape index (κ3) is 5.74. The molecule has 1 atom stereocenters. The first kappa shape index (κ1) is 24.9. The molecule has 0 aliphatic carbocycles. The number of ether oxygens (including phenoxy) is 1. The number of rotatable bonds is 4. The predicted molar refractivity (Wildman–Crippen MR) is 137 cm³/mol. The summed E-state index contributed by atoms with van der Waals surface area (Å²) in [5.74, 6) is 0.376. The Kier molecular flexibility index (Phi) is 7.88. The number of hydrogen-bond donors (Lipinski definition) is 0. The van der Waals surface area contributed by atoms with Crippen LogP contribution in [0.1, 0.15) is 34.3 Å². The van der Waals surface area contributed by atoms with Crippen molar-refractivity contribution in [3.8, 4) is 5.75 Å². The molecule has 4 rings (SSSR count). The molecule has 0 aromatic heterocycles. The number of carbonyl (C=O) groups is 1. The number of aryl methyl sites for hydroxylation is 1. The van der Waals surface area contributed by atoms with E-state index in [1.54, 1.807) is 40.5 Å². The Morgan fingerprint density at radius 2 is 1.54 bits per heavy atom. The number of fused-ring (bicyclic) bond motifs is 1. The minimum Gasteiger partial charge on any atom is -0.491 e. The number of nitrogens with zero attached hydrogens (tertiary/aromatic N) is 2. The van der Waals surface area contributed by atoms with Crippen LogP contribution in [0.25, 0.3) is 0 Å². The third-order valence-electron chi connectivity index (χ3n) is 6.42. The summed E-state index contributed by atoms with van der Waals surface area (Å²) in [5.41, 5.74) is 2.23. The van der Waals surface area contributed by atoms with Gasteiger partial charge < -0.3 is 9.64 Å². The van der Waals surface area contributed by atoms with Crippen LogP contribution < -0.4 is 4.74 Å². The minimum absolute atomic E-state index is 0.0924. The van der Waals surface area contributed by atoms with E-state index in [2.05, 4.69) is 0 Å². The number of benzene rings is 3. The Hall–Kier alpha value is -3.16. The molecule has 0 unspecified atom stereocenters. The van der Waals surface area contributed by atoms with Crippen molar-refractivity contribution < 1.29 is 17.9 Å². The fraction of sp³-hybridized carbons (Fsp3) is 0.321. The van der Waals surface area contributed by atoms with Gasteiger partial charge in [0.15, 0.2) is 0 Å². The average Bonchev–Trinajstić information content (AvgIpc) is 2.86. The molecule has 0 radical (unpaired) electrons. The Balaban J connectivity index is 1.76. The van der Waals surface area contributed by atoms with Gasteiger partial charge in [-0.25, -0.2) is 8.42 Å². The molecule has 0 saturated heterocycles. The highest BCUT2D eigenvalue weighted by Gasteiger charge is 2.33. The quantitative estimate of drug-likeness (QED) is 0.536. The monoisotopic (exact) mass is 492 g/mol. The molecule has 0 saturated carbocycles. The average molecular weight is 493 g/mol. The van der Waals surface area contributed by atoms with Gasteiger partial charge in [0.25, 0.3) is 5.91 Å². The van der Waals surface area contributed by atoms with E-state index in [-0.39, 0.29) is 12.5 Å². The van der Waals surface area contributed by atoms with Crippen LogP contribution in [0.5, 0.6) is 5.75 Å².